The normalized spacial score (nSPS) is 11.1. The Morgan fingerprint density at radius 3 is 2.35 bits per heavy atom. The summed E-state index contributed by atoms with van der Waals surface area (Å²) in [7, 11) is 0. The molecular formula is C13H16ClN3. The number of aryl methyl sites for hydroxylation is 1. The lowest BCUT2D eigenvalue weighted by atomic mass is 10.1. The molecule has 2 rings (SSSR count). The first-order valence-electron chi connectivity index (χ1n) is 5.70. The smallest absolute Gasteiger partial charge is 0.164 e. The molecule has 0 atom stereocenters. The Kier molecular flexibility index (Phi) is 3.48. The number of nitrogens with zero attached hydrogens (tertiary/aromatic N) is 3. The van der Waals surface area contributed by atoms with Crippen molar-refractivity contribution in [3.8, 4) is 11.4 Å². The van der Waals surface area contributed by atoms with Crippen LogP contribution in [0.4, 0.5) is 0 Å². The van der Waals surface area contributed by atoms with Gasteiger partial charge in [-0.3, -0.25) is 0 Å². The second-order valence-corrected chi connectivity index (χ2v) is 4.67. The highest BCUT2D eigenvalue weighted by Gasteiger charge is 2.15. The van der Waals surface area contributed by atoms with Gasteiger partial charge in [0.05, 0.1) is 5.88 Å². The SMILES string of the molecule is Cc1ccc(-c2nnc(CCl)n2C(C)C)cc1. The fourth-order valence-electron chi connectivity index (χ4n) is 1.86. The third kappa shape index (κ3) is 2.34. The van der Waals surface area contributed by atoms with Crippen LogP contribution in [0.2, 0.25) is 0 Å². The number of aromatic nitrogens is 3. The molecule has 0 aliphatic rings. The number of halogens is 1. The van der Waals surface area contributed by atoms with Crippen LogP contribution in [0.15, 0.2) is 24.3 Å². The number of rotatable bonds is 3. The van der Waals surface area contributed by atoms with E-state index in [-0.39, 0.29) is 0 Å². The molecule has 0 spiro atoms. The van der Waals surface area contributed by atoms with Crippen LogP contribution in [0, 0.1) is 6.92 Å². The lowest BCUT2D eigenvalue weighted by Gasteiger charge is -2.13. The summed E-state index contributed by atoms with van der Waals surface area (Å²) in [5, 5.41) is 8.37. The largest absolute Gasteiger partial charge is 0.307 e. The summed E-state index contributed by atoms with van der Waals surface area (Å²) in [5.74, 6) is 2.09. The van der Waals surface area contributed by atoms with Crippen molar-refractivity contribution in [1.82, 2.24) is 14.8 Å². The molecule has 0 amide bonds. The summed E-state index contributed by atoms with van der Waals surface area (Å²) in [6.07, 6.45) is 0. The molecule has 2 aromatic rings. The van der Waals surface area contributed by atoms with Gasteiger partial charge in [0.2, 0.25) is 0 Å². The summed E-state index contributed by atoms with van der Waals surface area (Å²) >= 11 is 5.88. The molecule has 0 fully saturated rings. The second kappa shape index (κ2) is 4.88. The van der Waals surface area contributed by atoms with Crippen molar-refractivity contribution in [3.05, 3.63) is 35.7 Å². The molecule has 0 aliphatic carbocycles. The van der Waals surface area contributed by atoms with E-state index < -0.39 is 0 Å². The van der Waals surface area contributed by atoms with E-state index in [4.69, 9.17) is 11.6 Å². The monoisotopic (exact) mass is 249 g/mol. The van der Waals surface area contributed by atoms with Crippen LogP contribution in [-0.2, 0) is 5.88 Å². The minimum atomic E-state index is 0.301. The summed E-state index contributed by atoms with van der Waals surface area (Å²) in [4.78, 5) is 0. The van der Waals surface area contributed by atoms with Crippen LogP contribution < -0.4 is 0 Å². The van der Waals surface area contributed by atoms with Gasteiger partial charge < -0.3 is 4.57 Å². The Hall–Kier alpha value is -1.35. The van der Waals surface area contributed by atoms with Crippen LogP contribution >= 0.6 is 11.6 Å². The van der Waals surface area contributed by atoms with E-state index in [1.165, 1.54) is 5.56 Å². The Morgan fingerprint density at radius 1 is 1.18 bits per heavy atom. The fraction of sp³-hybridized carbons (Fsp3) is 0.385. The number of hydrogen-bond donors (Lipinski definition) is 0. The van der Waals surface area contributed by atoms with Crippen molar-refractivity contribution in [2.45, 2.75) is 32.7 Å². The summed E-state index contributed by atoms with van der Waals surface area (Å²) in [6, 6.07) is 8.59. The maximum absolute atomic E-state index is 5.88. The van der Waals surface area contributed by atoms with Crippen molar-refractivity contribution in [1.29, 1.82) is 0 Å². The predicted molar refractivity (Wildman–Crippen MR) is 70.1 cm³/mol. The van der Waals surface area contributed by atoms with Crippen LogP contribution in [0.5, 0.6) is 0 Å². The Balaban J connectivity index is 2.51. The third-order valence-corrected chi connectivity index (χ3v) is 2.95. The van der Waals surface area contributed by atoms with Gasteiger partial charge in [0.25, 0.3) is 0 Å². The molecular weight excluding hydrogens is 234 g/mol. The van der Waals surface area contributed by atoms with Gasteiger partial charge in [0.1, 0.15) is 5.82 Å². The molecule has 1 aromatic carbocycles. The van der Waals surface area contributed by atoms with Gasteiger partial charge in [-0.05, 0) is 20.8 Å². The lowest BCUT2D eigenvalue weighted by Crippen LogP contribution is -2.06. The maximum Gasteiger partial charge on any atom is 0.164 e. The van der Waals surface area contributed by atoms with E-state index in [0.29, 0.717) is 11.9 Å². The second-order valence-electron chi connectivity index (χ2n) is 4.40. The number of alkyl halides is 1. The molecule has 0 aliphatic heterocycles. The highest BCUT2D eigenvalue weighted by Crippen LogP contribution is 2.23. The van der Waals surface area contributed by atoms with Crippen molar-refractivity contribution in [2.75, 3.05) is 0 Å². The van der Waals surface area contributed by atoms with Gasteiger partial charge in [-0.2, -0.15) is 0 Å². The average molecular weight is 250 g/mol. The molecule has 0 N–H and O–H groups in total. The number of benzene rings is 1. The molecule has 90 valence electrons. The van der Waals surface area contributed by atoms with E-state index >= 15 is 0 Å². The van der Waals surface area contributed by atoms with Crippen molar-refractivity contribution >= 4 is 11.6 Å². The van der Waals surface area contributed by atoms with Crippen LogP contribution in [-0.4, -0.2) is 14.8 Å². The van der Waals surface area contributed by atoms with Gasteiger partial charge in [0, 0.05) is 11.6 Å². The van der Waals surface area contributed by atoms with E-state index in [1.807, 2.05) is 0 Å². The third-order valence-electron chi connectivity index (χ3n) is 2.71. The van der Waals surface area contributed by atoms with E-state index in [9.17, 15) is 0 Å². The highest BCUT2D eigenvalue weighted by molar-refractivity contribution is 6.16. The first kappa shape index (κ1) is 12.1. The molecule has 1 heterocycles. The van der Waals surface area contributed by atoms with E-state index in [2.05, 4.69) is 59.8 Å². The molecule has 0 radical (unpaired) electrons. The molecule has 17 heavy (non-hydrogen) atoms. The van der Waals surface area contributed by atoms with Gasteiger partial charge in [-0.1, -0.05) is 29.8 Å². The van der Waals surface area contributed by atoms with Gasteiger partial charge >= 0.3 is 0 Å². The van der Waals surface area contributed by atoms with Gasteiger partial charge in [-0.25, -0.2) is 0 Å². The summed E-state index contributed by atoms with van der Waals surface area (Å²) in [6.45, 7) is 6.29. The fourth-order valence-corrected chi connectivity index (χ4v) is 2.04. The molecule has 0 saturated heterocycles. The topological polar surface area (TPSA) is 30.7 Å². The quantitative estimate of drug-likeness (QED) is 0.779. The van der Waals surface area contributed by atoms with Crippen LogP contribution in [0.1, 0.15) is 31.3 Å². The lowest BCUT2D eigenvalue weighted by molar-refractivity contribution is 0.585. The predicted octanol–water partition coefficient (Wildman–Crippen LogP) is 3.57. The molecule has 4 heteroatoms. The van der Waals surface area contributed by atoms with Crippen LogP contribution in [0.25, 0.3) is 11.4 Å². The molecule has 3 nitrogen and oxygen atoms in total. The van der Waals surface area contributed by atoms with Crippen molar-refractivity contribution < 1.29 is 0 Å². The molecule has 0 bridgehead atoms. The summed E-state index contributed by atoms with van der Waals surface area (Å²) in [5.41, 5.74) is 2.31. The zero-order chi connectivity index (χ0) is 12.4. The number of hydrogen-bond acceptors (Lipinski definition) is 2. The van der Waals surface area contributed by atoms with E-state index in [1.54, 1.807) is 0 Å². The average Bonchev–Trinajstić information content (AvgIpc) is 2.73. The Labute approximate surface area is 106 Å². The maximum atomic E-state index is 5.88. The standard InChI is InChI=1S/C13H16ClN3/c1-9(2)17-12(8-14)15-16-13(17)11-6-4-10(3)5-7-11/h4-7,9H,8H2,1-3H3. The summed E-state index contributed by atoms with van der Waals surface area (Å²) < 4.78 is 2.08. The molecule has 0 saturated carbocycles. The van der Waals surface area contributed by atoms with Crippen molar-refractivity contribution in [3.63, 3.8) is 0 Å². The first-order valence-corrected chi connectivity index (χ1v) is 6.23. The zero-order valence-electron chi connectivity index (χ0n) is 10.3. The highest BCUT2D eigenvalue weighted by atomic mass is 35.5. The minimum absolute atomic E-state index is 0.301. The Bertz CT molecular complexity index is 500. The van der Waals surface area contributed by atoms with Gasteiger partial charge in [-0.15, -0.1) is 21.8 Å². The Morgan fingerprint density at radius 2 is 1.82 bits per heavy atom. The van der Waals surface area contributed by atoms with Crippen molar-refractivity contribution in [2.24, 2.45) is 0 Å². The van der Waals surface area contributed by atoms with Crippen LogP contribution in [0.3, 0.4) is 0 Å². The molecule has 0 unspecified atom stereocenters. The minimum Gasteiger partial charge on any atom is -0.307 e. The molecule has 1 aromatic heterocycles. The zero-order valence-corrected chi connectivity index (χ0v) is 11.1. The first-order chi connectivity index (χ1) is 8.13. The van der Waals surface area contributed by atoms with E-state index in [0.717, 1.165) is 17.2 Å². The van der Waals surface area contributed by atoms with Gasteiger partial charge in [0.15, 0.2) is 5.82 Å².